The molecule has 0 saturated heterocycles. The van der Waals surface area contributed by atoms with Crippen molar-refractivity contribution in [3.8, 4) is 39.8 Å². The molecule has 0 atom stereocenters. The number of nitrogens with zero attached hydrogens (tertiary/aromatic N) is 5. The Morgan fingerprint density at radius 3 is 2.23 bits per heavy atom. The summed E-state index contributed by atoms with van der Waals surface area (Å²) in [6.07, 6.45) is 1.92. The molecule has 0 amide bonds. The Labute approximate surface area is 308 Å². The predicted molar refractivity (Wildman–Crippen MR) is 217 cm³/mol. The number of pyridine rings is 1. The van der Waals surface area contributed by atoms with Crippen LogP contribution in [0.15, 0.2) is 158 Å². The first-order chi connectivity index (χ1) is 25.9. The van der Waals surface area contributed by atoms with E-state index >= 15 is 0 Å². The number of rotatable bonds is 5. The molecular formula is C47H37N5O. The Morgan fingerprint density at radius 1 is 0.604 bits per heavy atom. The molecule has 0 fully saturated rings. The van der Waals surface area contributed by atoms with E-state index in [4.69, 9.17) is 14.7 Å². The normalized spacial score (nSPS) is 12.7. The molecule has 6 aromatic carbocycles. The van der Waals surface area contributed by atoms with Crippen molar-refractivity contribution in [3.05, 3.63) is 163 Å². The summed E-state index contributed by atoms with van der Waals surface area (Å²) in [6.45, 7) is 7.33. The van der Waals surface area contributed by atoms with Crippen LogP contribution in [0.1, 0.15) is 26.3 Å². The van der Waals surface area contributed by atoms with Gasteiger partial charge in [-0.1, -0.05) is 93.6 Å². The molecule has 53 heavy (non-hydrogen) atoms. The van der Waals surface area contributed by atoms with Gasteiger partial charge in [0.05, 0.1) is 27.8 Å². The van der Waals surface area contributed by atoms with Gasteiger partial charge in [0.15, 0.2) is 0 Å². The summed E-state index contributed by atoms with van der Waals surface area (Å²) < 4.78 is 11.4. The maximum absolute atomic E-state index is 6.88. The molecule has 256 valence electrons. The summed E-state index contributed by atoms with van der Waals surface area (Å²) >= 11 is 0. The Kier molecular flexibility index (Phi) is 7.02. The number of aromatic nitrogens is 4. The zero-order valence-electron chi connectivity index (χ0n) is 29.9. The minimum Gasteiger partial charge on any atom is -0.457 e. The lowest BCUT2D eigenvalue weighted by Gasteiger charge is -2.33. The van der Waals surface area contributed by atoms with Crippen LogP contribution in [-0.4, -0.2) is 19.1 Å². The Hall–Kier alpha value is -6.66. The Bertz CT molecular complexity index is 2840. The zero-order chi connectivity index (χ0) is 35.7. The van der Waals surface area contributed by atoms with Gasteiger partial charge in [-0.2, -0.15) is 0 Å². The number of hydrogen-bond donors (Lipinski definition) is 0. The number of imidazole rings is 1. The lowest BCUT2D eigenvalue weighted by molar-refractivity contribution is 0.483. The third kappa shape index (κ3) is 5.25. The predicted octanol–water partition coefficient (Wildman–Crippen LogP) is 12.1. The SMILES string of the molecule is CC(C)(C)c1ccnc(-n2c3ccccc3c3ccc(Oc4cc(-c5ccccc5)cc(N5Cn6c(nc7ccccc76)-c6ccccc65)c4)cc32)c1. The monoisotopic (exact) mass is 687 g/mol. The van der Waals surface area contributed by atoms with Crippen LogP contribution in [-0.2, 0) is 12.1 Å². The van der Waals surface area contributed by atoms with Gasteiger partial charge in [-0.15, -0.1) is 0 Å². The van der Waals surface area contributed by atoms with Gasteiger partial charge in [0, 0.05) is 40.4 Å². The van der Waals surface area contributed by atoms with E-state index in [0.717, 1.165) is 78.7 Å². The molecule has 0 unspecified atom stereocenters. The number of fused-ring (bicyclic) bond motifs is 8. The van der Waals surface area contributed by atoms with E-state index in [9.17, 15) is 0 Å². The second kappa shape index (κ2) is 12.0. The van der Waals surface area contributed by atoms with Crippen molar-refractivity contribution in [2.45, 2.75) is 32.9 Å². The Morgan fingerprint density at radius 2 is 1.36 bits per heavy atom. The second-order valence-electron chi connectivity index (χ2n) is 14.8. The number of hydrogen-bond acceptors (Lipinski definition) is 4. The number of benzene rings is 6. The van der Waals surface area contributed by atoms with E-state index in [1.165, 1.54) is 10.9 Å². The number of anilines is 2. The fourth-order valence-corrected chi connectivity index (χ4v) is 7.76. The van der Waals surface area contributed by atoms with Crippen molar-refractivity contribution >= 4 is 44.2 Å². The van der Waals surface area contributed by atoms with E-state index in [0.29, 0.717) is 6.67 Å². The molecule has 0 aliphatic carbocycles. The summed E-state index contributed by atoms with van der Waals surface area (Å²) in [6, 6.07) is 53.2. The van der Waals surface area contributed by atoms with Crippen LogP contribution in [0.5, 0.6) is 11.5 Å². The first-order valence-corrected chi connectivity index (χ1v) is 18.1. The molecule has 6 nitrogen and oxygen atoms in total. The smallest absolute Gasteiger partial charge is 0.144 e. The van der Waals surface area contributed by atoms with Crippen molar-refractivity contribution in [2.75, 3.05) is 4.90 Å². The van der Waals surface area contributed by atoms with E-state index < -0.39 is 0 Å². The van der Waals surface area contributed by atoms with Crippen LogP contribution >= 0.6 is 0 Å². The summed E-state index contributed by atoms with van der Waals surface area (Å²) in [5, 5.41) is 2.34. The molecule has 1 aliphatic rings. The van der Waals surface area contributed by atoms with Gasteiger partial charge >= 0.3 is 0 Å². The van der Waals surface area contributed by atoms with Crippen LogP contribution in [0.4, 0.5) is 11.4 Å². The second-order valence-corrected chi connectivity index (χ2v) is 14.8. The quantitative estimate of drug-likeness (QED) is 0.181. The summed E-state index contributed by atoms with van der Waals surface area (Å²) in [5.74, 6) is 3.39. The van der Waals surface area contributed by atoms with E-state index in [1.54, 1.807) is 0 Å². The van der Waals surface area contributed by atoms with E-state index in [2.05, 4.69) is 180 Å². The highest BCUT2D eigenvalue weighted by atomic mass is 16.5. The van der Waals surface area contributed by atoms with Gasteiger partial charge in [0.2, 0.25) is 0 Å². The number of ether oxygens (including phenoxy) is 1. The van der Waals surface area contributed by atoms with Gasteiger partial charge < -0.3 is 14.2 Å². The van der Waals surface area contributed by atoms with Crippen molar-refractivity contribution < 1.29 is 4.74 Å². The van der Waals surface area contributed by atoms with Crippen LogP contribution in [0, 0.1) is 0 Å². The average molecular weight is 688 g/mol. The maximum Gasteiger partial charge on any atom is 0.144 e. The largest absolute Gasteiger partial charge is 0.457 e. The van der Waals surface area contributed by atoms with E-state index in [-0.39, 0.29) is 5.41 Å². The van der Waals surface area contributed by atoms with Crippen molar-refractivity contribution in [2.24, 2.45) is 0 Å². The van der Waals surface area contributed by atoms with Crippen molar-refractivity contribution in [3.63, 3.8) is 0 Å². The molecule has 3 aromatic heterocycles. The van der Waals surface area contributed by atoms with Crippen LogP contribution in [0.3, 0.4) is 0 Å². The molecule has 0 N–H and O–H groups in total. The summed E-state index contributed by atoms with van der Waals surface area (Å²) in [7, 11) is 0. The topological polar surface area (TPSA) is 48.1 Å². The fraction of sp³-hybridized carbons (Fsp3) is 0.106. The molecule has 0 bridgehead atoms. The summed E-state index contributed by atoms with van der Waals surface area (Å²) in [5.41, 5.74) is 11.0. The molecule has 6 heteroatoms. The maximum atomic E-state index is 6.88. The van der Waals surface area contributed by atoms with Gasteiger partial charge in [-0.3, -0.25) is 4.57 Å². The molecule has 1 aliphatic heterocycles. The molecule has 9 aromatic rings. The highest BCUT2D eigenvalue weighted by molar-refractivity contribution is 6.09. The van der Waals surface area contributed by atoms with Crippen LogP contribution in [0.2, 0.25) is 0 Å². The highest BCUT2D eigenvalue weighted by Gasteiger charge is 2.27. The molecule has 0 radical (unpaired) electrons. The van der Waals surface area contributed by atoms with E-state index in [1.807, 2.05) is 12.3 Å². The Balaban J connectivity index is 1.12. The van der Waals surface area contributed by atoms with Crippen molar-refractivity contribution in [1.29, 1.82) is 0 Å². The summed E-state index contributed by atoms with van der Waals surface area (Å²) in [4.78, 5) is 12.3. The standard InChI is InChI=1S/C47H37N5O/c1-47(2,3)33-23-24-48-45(27-33)52-42-19-11-7-15-37(42)38-22-21-35(29-44(38)52)53-36-26-32(31-13-5-4-6-14-31)25-34(28-36)50-30-51-43-20-12-9-17-40(43)49-46(51)39-16-8-10-18-41(39)50/h4-29H,30H2,1-3H3. The van der Waals surface area contributed by atoms with Gasteiger partial charge in [0.1, 0.15) is 29.8 Å². The third-order valence-electron chi connectivity index (χ3n) is 10.4. The van der Waals surface area contributed by atoms with Crippen LogP contribution < -0.4 is 9.64 Å². The lowest BCUT2D eigenvalue weighted by atomic mass is 9.88. The minimum atomic E-state index is -0.00635. The number of para-hydroxylation sites is 4. The average Bonchev–Trinajstić information content (AvgIpc) is 3.73. The molecule has 0 spiro atoms. The fourth-order valence-electron chi connectivity index (χ4n) is 7.76. The van der Waals surface area contributed by atoms with Crippen LogP contribution in [0.25, 0.3) is 61.2 Å². The lowest BCUT2D eigenvalue weighted by Crippen LogP contribution is -2.26. The first kappa shape index (κ1) is 31.1. The molecule has 4 heterocycles. The minimum absolute atomic E-state index is 0.00635. The third-order valence-corrected chi connectivity index (χ3v) is 10.4. The molecular weight excluding hydrogens is 651 g/mol. The highest BCUT2D eigenvalue weighted by Crippen LogP contribution is 2.44. The van der Waals surface area contributed by atoms with Gasteiger partial charge in [-0.25, -0.2) is 9.97 Å². The molecule has 10 rings (SSSR count). The van der Waals surface area contributed by atoms with Gasteiger partial charge in [-0.05, 0) is 88.8 Å². The van der Waals surface area contributed by atoms with Crippen molar-refractivity contribution in [1.82, 2.24) is 19.1 Å². The first-order valence-electron chi connectivity index (χ1n) is 18.1. The zero-order valence-corrected chi connectivity index (χ0v) is 29.9. The molecule has 0 saturated carbocycles. The van der Waals surface area contributed by atoms with Gasteiger partial charge in [0.25, 0.3) is 0 Å².